The van der Waals surface area contributed by atoms with Gasteiger partial charge in [0.25, 0.3) is 9.05 Å². The molecular weight excluding hydrogens is 286 g/mol. The van der Waals surface area contributed by atoms with E-state index in [4.69, 9.17) is 20.7 Å². The maximum atomic E-state index is 11.5. The van der Waals surface area contributed by atoms with E-state index in [2.05, 4.69) is 6.07 Å². The lowest BCUT2D eigenvalue weighted by Gasteiger charge is -2.15. The van der Waals surface area contributed by atoms with Crippen molar-refractivity contribution in [3.63, 3.8) is 0 Å². The SMILES string of the molecule is Cc1ccc(OCC2(CC#N)CC2)c(S(=O)(=O)Cl)c1. The summed E-state index contributed by atoms with van der Waals surface area (Å²) in [5.74, 6) is 0.254. The molecule has 0 spiro atoms. The Morgan fingerprint density at radius 2 is 2.16 bits per heavy atom. The van der Waals surface area contributed by atoms with Crippen LogP contribution in [0.4, 0.5) is 0 Å². The van der Waals surface area contributed by atoms with Gasteiger partial charge in [0.2, 0.25) is 0 Å². The second kappa shape index (κ2) is 5.03. The summed E-state index contributed by atoms with van der Waals surface area (Å²) in [7, 11) is 1.57. The van der Waals surface area contributed by atoms with Gasteiger partial charge in [0, 0.05) is 22.5 Å². The molecule has 1 aliphatic rings. The minimum absolute atomic E-state index is 0.0121. The summed E-state index contributed by atoms with van der Waals surface area (Å²) in [6.07, 6.45) is 2.31. The fourth-order valence-corrected chi connectivity index (χ4v) is 2.93. The largest absolute Gasteiger partial charge is 0.492 e. The molecule has 1 fully saturated rings. The van der Waals surface area contributed by atoms with E-state index in [1.807, 2.05) is 0 Å². The summed E-state index contributed by atoms with van der Waals surface area (Å²) in [6, 6.07) is 7.00. The highest BCUT2D eigenvalue weighted by Gasteiger charge is 2.43. The molecular formula is C13H14ClNO3S. The molecule has 0 aromatic heterocycles. The van der Waals surface area contributed by atoms with Crippen LogP contribution in [0.5, 0.6) is 5.75 Å². The zero-order valence-corrected chi connectivity index (χ0v) is 12.1. The van der Waals surface area contributed by atoms with E-state index in [1.54, 1.807) is 19.1 Å². The molecule has 0 radical (unpaired) electrons. The van der Waals surface area contributed by atoms with Crippen molar-refractivity contribution in [3.05, 3.63) is 23.8 Å². The highest BCUT2D eigenvalue weighted by molar-refractivity contribution is 8.13. The smallest absolute Gasteiger partial charge is 0.264 e. The molecule has 2 rings (SSSR count). The Morgan fingerprint density at radius 1 is 1.47 bits per heavy atom. The summed E-state index contributed by atoms with van der Waals surface area (Å²) in [5.41, 5.74) is 0.692. The van der Waals surface area contributed by atoms with Crippen molar-refractivity contribution in [2.45, 2.75) is 31.1 Å². The minimum atomic E-state index is -3.83. The van der Waals surface area contributed by atoms with Crippen molar-refractivity contribution >= 4 is 19.7 Å². The molecule has 102 valence electrons. The normalized spacial score (nSPS) is 16.7. The molecule has 1 aromatic carbocycles. The molecule has 0 amide bonds. The molecule has 0 bridgehead atoms. The van der Waals surface area contributed by atoms with Gasteiger partial charge in [0.15, 0.2) is 0 Å². The number of hydrogen-bond acceptors (Lipinski definition) is 4. The van der Waals surface area contributed by atoms with Crippen LogP contribution in [0, 0.1) is 23.7 Å². The number of hydrogen-bond donors (Lipinski definition) is 0. The van der Waals surface area contributed by atoms with Gasteiger partial charge in [-0.25, -0.2) is 8.42 Å². The Morgan fingerprint density at radius 3 is 2.68 bits per heavy atom. The average Bonchev–Trinajstić information content (AvgIpc) is 3.07. The van der Waals surface area contributed by atoms with Crippen molar-refractivity contribution in [2.75, 3.05) is 6.61 Å². The summed E-state index contributed by atoms with van der Waals surface area (Å²) in [4.78, 5) is -0.0121. The van der Waals surface area contributed by atoms with E-state index in [0.717, 1.165) is 18.4 Å². The summed E-state index contributed by atoms with van der Waals surface area (Å²) in [5, 5.41) is 8.74. The van der Waals surface area contributed by atoms with Gasteiger partial charge in [0.1, 0.15) is 10.6 Å². The monoisotopic (exact) mass is 299 g/mol. The van der Waals surface area contributed by atoms with Crippen LogP contribution in [0.1, 0.15) is 24.8 Å². The van der Waals surface area contributed by atoms with Crippen molar-refractivity contribution < 1.29 is 13.2 Å². The molecule has 1 aliphatic carbocycles. The fraction of sp³-hybridized carbons (Fsp3) is 0.462. The van der Waals surface area contributed by atoms with E-state index >= 15 is 0 Å². The van der Waals surface area contributed by atoms with Crippen molar-refractivity contribution in [1.29, 1.82) is 5.26 Å². The second-order valence-electron chi connectivity index (χ2n) is 5.01. The molecule has 0 atom stereocenters. The lowest BCUT2D eigenvalue weighted by Crippen LogP contribution is -2.13. The van der Waals surface area contributed by atoms with Crippen LogP contribution in [-0.4, -0.2) is 15.0 Å². The molecule has 0 heterocycles. The predicted octanol–water partition coefficient (Wildman–Crippen LogP) is 3.00. The van der Waals surface area contributed by atoms with Gasteiger partial charge in [-0.1, -0.05) is 6.07 Å². The highest BCUT2D eigenvalue weighted by atomic mass is 35.7. The summed E-state index contributed by atoms with van der Waals surface area (Å²) in [6.45, 7) is 2.14. The van der Waals surface area contributed by atoms with E-state index < -0.39 is 9.05 Å². The van der Waals surface area contributed by atoms with Gasteiger partial charge in [-0.3, -0.25) is 0 Å². The maximum Gasteiger partial charge on any atom is 0.264 e. The van der Waals surface area contributed by atoms with E-state index in [0.29, 0.717) is 13.0 Å². The lowest BCUT2D eigenvalue weighted by atomic mass is 10.1. The Hall–Kier alpha value is -1.25. The zero-order chi connectivity index (χ0) is 14.1. The van der Waals surface area contributed by atoms with Gasteiger partial charge in [-0.2, -0.15) is 5.26 Å². The van der Waals surface area contributed by atoms with Gasteiger partial charge >= 0.3 is 0 Å². The van der Waals surface area contributed by atoms with E-state index in [9.17, 15) is 8.42 Å². The molecule has 0 aliphatic heterocycles. The molecule has 0 N–H and O–H groups in total. The molecule has 19 heavy (non-hydrogen) atoms. The van der Waals surface area contributed by atoms with Crippen LogP contribution in [-0.2, 0) is 9.05 Å². The molecule has 4 nitrogen and oxygen atoms in total. The first-order valence-electron chi connectivity index (χ1n) is 5.91. The van der Waals surface area contributed by atoms with Gasteiger partial charge < -0.3 is 4.74 Å². The first-order chi connectivity index (χ1) is 8.86. The third-order valence-corrected chi connectivity index (χ3v) is 4.65. The fourth-order valence-electron chi connectivity index (χ4n) is 1.87. The van der Waals surface area contributed by atoms with Crippen LogP contribution >= 0.6 is 10.7 Å². The third kappa shape index (κ3) is 3.40. The number of halogens is 1. The Labute approximate surface area is 117 Å². The van der Waals surface area contributed by atoms with Gasteiger partial charge in [-0.05, 0) is 37.5 Å². The van der Waals surface area contributed by atoms with Crippen molar-refractivity contribution in [1.82, 2.24) is 0 Å². The predicted molar refractivity (Wildman–Crippen MR) is 71.6 cm³/mol. The minimum Gasteiger partial charge on any atom is -0.492 e. The van der Waals surface area contributed by atoms with Crippen molar-refractivity contribution in [2.24, 2.45) is 5.41 Å². The molecule has 1 aromatic rings. The quantitative estimate of drug-likeness (QED) is 0.784. The topological polar surface area (TPSA) is 67.2 Å². The van der Waals surface area contributed by atoms with Crippen LogP contribution in [0.3, 0.4) is 0 Å². The number of benzene rings is 1. The van der Waals surface area contributed by atoms with E-state index in [1.165, 1.54) is 6.07 Å². The molecule has 0 unspecified atom stereocenters. The summed E-state index contributed by atoms with van der Waals surface area (Å²) < 4.78 is 28.6. The van der Waals surface area contributed by atoms with E-state index in [-0.39, 0.29) is 16.1 Å². The number of ether oxygens (including phenoxy) is 1. The van der Waals surface area contributed by atoms with Gasteiger partial charge in [-0.15, -0.1) is 0 Å². The van der Waals surface area contributed by atoms with Crippen molar-refractivity contribution in [3.8, 4) is 11.8 Å². The van der Waals surface area contributed by atoms with Crippen LogP contribution < -0.4 is 4.74 Å². The molecule has 0 saturated heterocycles. The first-order valence-corrected chi connectivity index (χ1v) is 8.22. The number of rotatable bonds is 5. The second-order valence-corrected chi connectivity index (χ2v) is 7.55. The van der Waals surface area contributed by atoms with Crippen LogP contribution in [0.15, 0.2) is 23.1 Å². The Kier molecular flexibility index (Phi) is 3.75. The number of aryl methyl sites for hydroxylation is 1. The third-order valence-electron chi connectivity index (χ3n) is 3.31. The van der Waals surface area contributed by atoms with Crippen LogP contribution in [0.25, 0.3) is 0 Å². The number of nitriles is 1. The lowest BCUT2D eigenvalue weighted by molar-refractivity contribution is 0.231. The van der Waals surface area contributed by atoms with Gasteiger partial charge in [0.05, 0.1) is 12.7 Å². The Bertz CT molecular complexity index is 630. The number of nitrogens with zero attached hydrogens (tertiary/aromatic N) is 1. The standard InChI is InChI=1S/C13H14ClNO3S/c1-10-2-3-11(12(8-10)19(14,16)17)18-9-13(4-5-13)6-7-15/h2-3,8H,4-6,9H2,1H3. The highest BCUT2D eigenvalue weighted by Crippen LogP contribution is 2.49. The molecule has 6 heteroatoms. The maximum absolute atomic E-state index is 11.5. The van der Waals surface area contributed by atoms with Crippen LogP contribution in [0.2, 0.25) is 0 Å². The molecule has 1 saturated carbocycles. The average molecular weight is 300 g/mol. The Balaban J connectivity index is 2.20. The first kappa shape index (κ1) is 14.2. The zero-order valence-electron chi connectivity index (χ0n) is 10.5. The summed E-state index contributed by atoms with van der Waals surface area (Å²) >= 11 is 0.